The molecular weight excluding hydrogens is 1790 g/mol. The van der Waals surface area contributed by atoms with Crippen molar-refractivity contribution in [2.75, 3.05) is 154 Å². The zero-order chi connectivity index (χ0) is 96.8. The van der Waals surface area contributed by atoms with Crippen molar-refractivity contribution in [1.29, 1.82) is 0 Å². The molecule has 0 radical (unpaired) electrons. The number of H-pyrrole nitrogens is 4. The van der Waals surface area contributed by atoms with Gasteiger partial charge >= 0.3 is 0 Å². The Labute approximate surface area is 820 Å². The molecule has 7 saturated heterocycles. The maximum Gasteiger partial charge on any atom is 0.270 e. The van der Waals surface area contributed by atoms with Crippen LogP contribution < -0.4 is 21.3 Å². The number of aromatic amines is 4. The summed E-state index contributed by atoms with van der Waals surface area (Å²) in [5.74, 6) is 4.15. The van der Waals surface area contributed by atoms with E-state index in [9.17, 15) is 24.0 Å². The highest BCUT2D eigenvalue weighted by Crippen LogP contribution is 2.37. The molecule has 0 bridgehead atoms. The largest absolute Gasteiger partial charge is 0.381 e. The summed E-state index contributed by atoms with van der Waals surface area (Å²) in [7, 11) is 5.87. The second-order valence-electron chi connectivity index (χ2n) is 37.2. The van der Waals surface area contributed by atoms with Crippen molar-refractivity contribution >= 4 is 120 Å². The van der Waals surface area contributed by atoms with Gasteiger partial charge in [0.1, 0.15) is 29.4 Å². The van der Waals surface area contributed by atoms with E-state index in [4.69, 9.17) is 14.2 Å². The number of piperidine rings is 2. The average molecular weight is 1910 g/mol. The molecule has 7 fully saturated rings. The molecule has 35 heteroatoms. The second-order valence-corrected chi connectivity index (χ2v) is 37.2. The fraction of sp³-hybridized carbons (Fsp3) is 0.318. The highest BCUT2D eigenvalue weighted by atomic mass is 16.5. The van der Waals surface area contributed by atoms with Crippen LogP contribution in [-0.2, 0) is 19.0 Å². The van der Waals surface area contributed by atoms with E-state index < -0.39 is 0 Å². The second kappa shape index (κ2) is 43.4. The number of morpholine rings is 1. The number of hydrogen-bond acceptors (Lipinski definition) is 26. The van der Waals surface area contributed by atoms with E-state index in [2.05, 4.69) is 118 Å². The lowest BCUT2D eigenvalue weighted by Crippen LogP contribution is -2.64. The number of likely N-dealkylation sites (N-methyl/N-ethyl adjacent to an activating group) is 2. The number of aromatic nitrogens is 16. The number of nitrogens with one attached hydrogen (secondary N) is 8. The normalized spacial score (nSPS) is 16.7. The lowest BCUT2D eigenvalue weighted by Gasteiger charge is -2.49. The summed E-state index contributed by atoms with van der Waals surface area (Å²) < 4.78 is 16.5. The molecule has 7 aliphatic heterocycles. The number of nitrogens with zero attached hydrogens (tertiary/aromatic N) is 19. The molecule has 0 unspecified atom stereocenters. The van der Waals surface area contributed by atoms with Crippen LogP contribution >= 0.6 is 0 Å². The van der Waals surface area contributed by atoms with Gasteiger partial charge in [0, 0.05) is 234 Å². The first-order chi connectivity index (χ1) is 69.5. The minimum absolute atomic E-state index is 0.0000772. The molecular formula is C107H113N27O8. The molecule has 16 aromatic rings. The van der Waals surface area contributed by atoms with Gasteiger partial charge in [-0.25, -0.2) is 39.9 Å². The van der Waals surface area contributed by atoms with Crippen LogP contribution in [0.5, 0.6) is 0 Å². The first kappa shape index (κ1) is 93.9. The summed E-state index contributed by atoms with van der Waals surface area (Å²) in [6, 6.07) is 61.9. The molecule has 0 saturated carbocycles. The number of pyridine rings is 4. The van der Waals surface area contributed by atoms with E-state index in [1.54, 1.807) is 54.5 Å². The summed E-state index contributed by atoms with van der Waals surface area (Å²) in [6.07, 6.45) is 22.9. The maximum absolute atomic E-state index is 13.3. The predicted octanol–water partition coefficient (Wildman–Crippen LogP) is 15.8. The van der Waals surface area contributed by atoms with Crippen LogP contribution in [-0.4, -0.2) is 288 Å². The van der Waals surface area contributed by atoms with Gasteiger partial charge in [0.25, 0.3) is 23.6 Å². The molecule has 142 heavy (non-hydrogen) atoms. The van der Waals surface area contributed by atoms with Gasteiger partial charge in [0.2, 0.25) is 29.7 Å². The fourth-order valence-electron chi connectivity index (χ4n) is 19.5. The number of likely N-dealkylation sites (tertiary alicyclic amines) is 3. The van der Waals surface area contributed by atoms with Crippen LogP contribution in [0.15, 0.2) is 244 Å². The molecule has 8 N–H and O–H groups in total. The number of carbonyl (C=O) groups is 5. The minimum Gasteiger partial charge on any atom is -0.381 e. The Morgan fingerprint density at radius 3 is 1.15 bits per heavy atom. The number of ether oxygens (including phenoxy) is 3. The summed E-state index contributed by atoms with van der Waals surface area (Å²) in [4.78, 5) is 145. The standard InChI is InChI=1S/C28H30N6O2.C27H27N7O3.C26H28N8O.C26H28N6O2/c35-27(34-13-7-19(8-14-34)20-9-15-36-16-10-20)26-18-21-17-22(4-5-23(21)32-26)31-28-30-12-6-25(33-28)24-3-1-2-11-29-24;1-33-24(35)16-37-17-27(33)8-12-34(13-9-27)25(36)23-15-18-14-19(5-6-20(18)31-23)30-26-29-11-7-22(32-26)21-4-2-3-10-28-21;1-32-10-12-33(13-11-32)20-16-34(17-20)25(35)24-15-18-14-19(5-6-21(18)30-24)29-26-28-9-7-23(31-26)22-4-2-3-8-27-22;1-32(13-8-18-9-14-34-15-10-18)25(33)24-17-19-16-20(5-6-21(19)30-24)29-26-28-12-7-23(31-26)22-4-2-3-11-27-22/h1-6,11-12,17-20,32H,7-10,13-16H2,(H,30,31,33);2-7,10-11,14-15,31H,8-9,12-13,16-17H2,1H3,(H,29,30,32);2-9,14-15,20,30H,10-13,16-17H2,1H3,(H,28,29,31);2-7,11-12,16-18,30H,8-10,13-15H2,1H3,(H,28,29,31). The fourth-order valence-corrected chi connectivity index (χ4v) is 19.5. The van der Waals surface area contributed by atoms with Crippen molar-refractivity contribution in [2.24, 2.45) is 17.8 Å². The predicted molar refractivity (Wildman–Crippen MR) is 545 cm³/mol. The topological polar surface area (TPSA) is 402 Å². The molecule has 5 amide bonds. The van der Waals surface area contributed by atoms with Crippen LogP contribution in [0.3, 0.4) is 0 Å². The zero-order valence-electron chi connectivity index (χ0n) is 79.6. The van der Waals surface area contributed by atoms with Crippen LogP contribution in [0.1, 0.15) is 99.7 Å². The van der Waals surface area contributed by atoms with E-state index in [-0.39, 0.29) is 41.7 Å². The first-order valence-electron chi connectivity index (χ1n) is 48.6. The van der Waals surface area contributed by atoms with Gasteiger partial charge < -0.3 is 84.8 Å². The SMILES string of the molecule is CN(CCC1CCOCC1)C(=O)c1cc2cc(Nc3nccc(-c4ccccn4)n3)ccc2[nH]1.CN1C(=O)COCC12CCN(C(=O)c1cc3cc(Nc4nccc(-c5ccccn5)n4)ccc3[nH]1)CC2.CN1CCN(C2CN(C(=O)c3cc4cc(Nc5nccc(-c6ccccn6)n5)ccc4[nH]3)C2)CC1.O=C(c1cc2cc(Nc3nccc(-c4ccccn4)n3)ccc2[nH]1)N1CCC(C2CCOCC2)CC1. The third-order valence-electron chi connectivity index (χ3n) is 27.9. The van der Waals surface area contributed by atoms with Gasteiger partial charge in [-0.3, -0.25) is 48.8 Å². The van der Waals surface area contributed by atoms with Gasteiger partial charge in [-0.1, -0.05) is 24.3 Å². The molecule has 23 rings (SSSR count). The van der Waals surface area contributed by atoms with Crippen molar-refractivity contribution in [3.8, 4) is 45.6 Å². The molecule has 4 aromatic carbocycles. The summed E-state index contributed by atoms with van der Waals surface area (Å²) in [5.41, 5.74) is 15.2. The van der Waals surface area contributed by atoms with Crippen molar-refractivity contribution in [1.82, 2.24) is 114 Å². The quantitative estimate of drug-likeness (QED) is 0.0331. The molecule has 724 valence electrons. The summed E-state index contributed by atoms with van der Waals surface area (Å²) >= 11 is 0. The van der Waals surface area contributed by atoms with Crippen molar-refractivity contribution in [3.63, 3.8) is 0 Å². The summed E-state index contributed by atoms with van der Waals surface area (Å²) in [5, 5.41) is 16.8. The first-order valence-corrected chi connectivity index (χ1v) is 48.6. The van der Waals surface area contributed by atoms with E-state index in [1.807, 2.05) is 228 Å². The van der Waals surface area contributed by atoms with E-state index in [0.717, 1.165) is 248 Å². The van der Waals surface area contributed by atoms with Gasteiger partial charge in [-0.15, -0.1) is 0 Å². The number of carbonyl (C=O) groups excluding carboxylic acids is 5. The highest BCUT2D eigenvalue weighted by molar-refractivity contribution is 6.02. The Morgan fingerprint density at radius 2 is 0.754 bits per heavy atom. The smallest absolute Gasteiger partial charge is 0.270 e. The lowest BCUT2D eigenvalue weighted by atomic mass is 9.80. The lowest BCUT2D eigenvalue weighted by molar-refractivity contribution is -0.158. The molecule has 0 atom stereocenters. The number of fused-ring (bicyclic) bond motifs is 4. The Kier molecular flexibility index (Phi) is 28.7. The molecule has 7 aliphatic rings. The molecule has 12 aromatic heterocycles. The molecule has 1 spiro atoms. The van der Waals surface area contributed by atoms with Gasteiger partial charge in [-0.05, 0) is 252 Å². The van der Waals surface area contributed by atoms with Crippen molar-refractivity contribution < 1.29 is 38.2 Å². The number of anilines is 8. The summed E-state index contributed by atoms with van der Waals surface area (Å²) in [6.45, 7) is 13.6. The van der Waals surface area contributed by atoms with Crippen LogP contribution in [0.2, 0.25) is 0 Å². The molecule has 0 aliphatic carbocycles. The Bertz CT molecular complexity index is 7090. The monoisotopic (exact) mass is 1900 g/mol. The number of rotatable bonds is 21. The third-order valence-corrected chi connectivity index (χ3v) is 27.9. The maximum atomic E-state index is 13.3. The van der Waals surface area contributed by atoms with Crippen LogP contribution in [0.4, 0.5) is 46.5 Å². The van der Waals surface area contributed by atoms with Crippen LogP contribution in [0.25, 0.3) is 89.2 Å². The Balaban J connectivity index is 0.000000116. The number of benzene rings is 4. The number of hydrogen-bond donors (Lipinski definition) is 8. The molecule has 19 heterocycles. The Hall–Kier alpha value is -15.7. The van der Waals surface area contributed by atoms with E-state index in [1.165, 1.54) is 0 Å². The van der Waals surface area contributed by atoms with Crippen molar-refractivity contribution in [3.05, 3.63) is 266 Å². The van der Waals surface area contributed by atoms with E-state index in [0.29, 0.717) is 97.0 Å². The van der Waals surface area contributed by atoms with E-state index >= 15 is 0 Å². The van der Waals surface area contributed by atoms with Crippen LogP contribution in [0, 0.1) is 17.8 Å². The third kappa shape index (κ3) is 22.4. The van der Waals surface area contributed by atoms with Gasteiger partial charge in [0.05, 0.1) is 57.7 Å². The van der Waals surface area contributed by atoms with Gasteiger partial charge in [0.15, 0.2) is 0 Å². The zero-order valence-corrected chi connectivity index (χ0v) is 79.6. The molecule has 35 nitrogen and oxygen atoms in total. The average Bonchev–Trinajstić information content (AvgIpc) is 0.886. The number of amides is 5. The van der Waals surface area contributed by atoms with Crippen molar-refractivity contribution in [2.45, 2.75) is 69.4 Å². The Morgan fingerprint density at radius 1 is 0.387 bits per heavy atom. The van der Waals surface area contributed by atoms with Gasteiger partial charge in [-0.2, -0.15) is 0 Å². The minimum atomic E-state index is -0.316. The highest BCUT2D eigenvalue weighted by Gasteiger charge is 2.45. The number of piperazine rings is 1.